The second-order valence-electron chi connectivity index (χ2n) is 5.22. The van der Waals surface area contributed by atoms with Gasteiger partial charge in [0.05, 0.1) is 5.01 Å². The van der Waals surface area contributed by atoms with Crippen LogP contribution < -0.4 is 5.73 Å². The molecule has 104 valence electrons. The summed E-state index contributed by atoms with van der Waals surface area (Å²) in [6, 6.07) is 0.799. The summed E-state index contributed by atoms with van der Waals surface area (Å²) in [7, 11) is 0. The maximum absolute atomic E-state index is 12.3. The maximum atomic E-state index is 12.3. The molecule has 3 rings (SSSR count). The van der Waals surface area contributed by atoms with Crippen molar-refractivity contribution in [3.05, 3.63) is 16.1 Å². The molecular formula is C13H20N4OS. The van der Waals surface area contributed by atoms with E-state index in [1.165, 1.54) is 24.2 Å². The van der Waals surface area contributed by atoms with Crippen molar-refractivity contribution in [1.82, 2.24) is 14.8 Å². The highest BCUT2D eigenvalue weighted by Gasteiger charge is 2.32. The SMILES string of the molecule is NCCc1nc(C(=O)N2CCN(C3CC3)CC2)cs1. The van der Waals surface area contributed by atoms with Crippen LogP contribution in [-0.2, 0) is 6.42 Å². The van der Waals surface area contributed by atoms with E-state index in [1.807, 2.05) is 10.3 Å². The first-order chi connectivity index (χ1) is 9.28. The van der Waals surface area contributed by atoms with E-state index >= 15 is 0 Å². The quantitative estimate of drug-likeness (QED) is 0.875. The van der Waals surface area contributed by atoms with Crippen molar-refractivity contribution < 1.29 is 4.79 Å². The monoisotopic (exact) mass is 280 g/mol. The standard InChI is InChI=1S/C13H20N4OS/c14-4-3-12-15-11(9-19-12)13(18)17-7-5-16(6-8-17)10-1-2-10/h9-10H,1-8,14H2. The van der Waals surface area contributed by atoms with Crippen LogP contribution in [0.15, 0.2) is 5.38 Å². The van der Waals surface area contributed by atoms with Crippen molar-refractivity contribution in [2.45, 2.75) is 25.3 Å². The van der Waals surface area contributed by atoms with Gasteiger partial charge in [-0.05, 0) is 19.4 Å². The first-order valence-electron chi connectivity index (χ1n) is 6.95. The molecule has 0 atom stereocenters. The molecule has 1 aromatic rings. The predicted octanol–water partition coefficient (Wildman–Crippen LogP) is 0.564. The van der Waals surface area contributed by atoms with Crippen LogP contribution in [0.25, 0.3) is 0 Å². The molecule has 2 heterocycles. The number of amides is 1. The van der Waals surface area contributed by atoms with Crippen LogP contribution in [0.2, 0.25) is 0 Å². The number of thiazole rings is 1. The highest BCUT2D eigenvalue weighted by molar-refractivity contribution is 7.09. The summed E-state index contributed by atoms with van der Waals surface area (Å²) in [5.41, 5.74) is 6.10. The Balaban J connectivity index is 1.57. The molecule has 0 unspecified atom stereocenters. The molecule has 2 N–H and O–H groups in total. The Hall–Kier alpha value is -0.980. The van der Waals surface area contributed by atoms with E-state index in [4.69, 9.17) is 5.73 Å². The lowest BCUT2D eigenvalue weighted by Crippen LogP contribution is -2.49. The van der Waals surface area contributed by atoms with Crippen molar-refractivity contribution in [2.24, 2.45) is 5.73 Å². The number of carbonyl (C=O) groups is 1. The predicted molar refractivity (Wildman–Crippen MR) is 75.4 cm³/mol. The molecule has 1 amide bonds. The fourth-order valence-electron chi connectivity index (χ4n) is 2.54. The van der Waals surface area contributed by atoms with E-state index in [1.54, 1.807) is 0 Å². The second-order valence-corrected chi connectivity index (χ2v) is 6.17. The topological polar surface area (TPSA) is 62.5 Å². The molecule has 0 spiro atoms. The van der Waals surface area contributed by atoms with Crippen LogP contribution in [0.1, 0.15) is 28.3 Å². The van der Waals surface area contributed by atoms with Gasteiger partial charge in [0.25, 0.3) is 5.91 Å². The van der Waals surface area contributed by atoms with Crippen LogP contribution in [0.4, 0.5) is 0 Å². The average molecular weight is 280 g/mol. The first-order valence-corrected chi connectivity index (χ1v) is 7.83. The highest BCUT2D eigenvalue weighted by Crippen LogP contribution is 2.27. The normalized spacial score (nSPS) is 20.8. The number of nitrogens with zero attached hydrogens (tertiary/aromatic N) is 3. The third-order valence-electron chi connectivity index (χ3n) is 3.79. The molecule has 1 aliphatic heterocycles. The molecule has 0 aromatic carbocycles. The van der Waals surface area contributed by atoms with Crippen molar-refractivity contribution >= 4 is 17.2 Å². The lowest BCUT2D eigenvalue weighted by Gasteiger charge is -2.34. The van der Waals surface area contributed by atoms with E-state index in [-0.39, 0.29) is 5.91 Å². The summed E-state index contributed by atoms with van der Waals surface area (Å²) in [5.74, 6) is 0.0787. The van der Waals surface area contributed by atoms with Crippen molar-refractivity contribution in [3.63, 3.8) is 0 Å². The average Bonchev–Trinajstić information content (AvgIpc) is 3.19. The number of hydrogen-bond donors (Lipinski definition) is 1. The molecule has 0 bridgehead atoms. The zero-order valence-corrected chi connectivity index (χ0v) is 11.9. The Morgan fingerprint density at radius 3 is 2.74 bits per heavy atom. The first kappa shape index (κ1) is 13.0. The zero-order valence-electron chi connectivity index (χ0n) is 11.0. The van der Waals surface area contributed by atoms with Crippen LogP contribution in [0, 0.1) is 0 Å². The number of rotatable bonds is 4. The van der Waals surface area contributed by atoms with Crippen LogP contribution in [-0.4, -0.2) is 59.5 Å². The van der Waals surface area contributed by atoms with Gasteiger partial charge in [-0.3, -0.25) is 9.69 Å². The summed E-state index contributed by atoms with van der Waals surface area (Å²) in [6.07, 6.45) is 3.43. The van der Waals surface area contributed by atoms with Gasteiger partial charge in [-0.15, -0.1) is 11.3 Å². The van der Waals surface area contributed by atoms with Gasteiger partial charge in [-0.25, -0.2) is 4.98 Å². The summed E-state index contributed by atoms with van der Waals surface area (Å²) in [6.45, 7) is 4.27. The fourth-order valence-corrected chi connectivity index (χ4v) is 3.33. The van der Waals surface area contributed by atoms with Gasteiger partial charge in [-0.2, -0.15) is 0 Å². The van der Waals surface area contributed by atoms with E-state index in [0.29, 0.717) is 12.2 Å². The molecule has 1 aliphatic carbocycles. The number of carbonyl (C=O) groups excluding carboxylic acids is 1. The molecule has 6 heteroatoms. The van der Waals surface area contributed by atoms with Gasteiger partial charge < -0.3 is 10.6 Å². The Bertz CT molecular complexity index is 449. The minimum Gasteiger partial charge on any atom is -0.335 e. The third-order valence-corrected chi connectivity index (χ3v) is 4.70. The minimum atomic E-state index is 0.0787. The highest BCUT2D eigenvalue weighted by atomic mass is 32.1. The lowest BCUT2D eigenvalue weighted by atomic mass is 10.3. The van der Waals surface area contributed by atoms with Gasteiger partial charge in [-0.1, -0.05) is 0 Å². The summed E-state index contributed by atoms with van der Waals surface area (Å²) in [4.78, 5) is 21.1. The summed E-state index contributed by atoms with van der Waals surface area (Å²) in [5, 5.41) is 2.82. The smallest absolute Gasteiger partial charge is 0.273 e. The Morgan fingerprint density at radius 2 is 2.11 bits per heavy atom. The van der Waals surface area contributed by atoms with E-state index < -0.39 is 0 Å². The van der Waals surface area contributed by atoms with E-state index in [2.05, 4.69) is 9.88 Å². The molecular weight excluding hydrogens is 260 g/mol. The molecule has 2 fully saturated rings. The molecule has 0 radical (unpaired) electrons. The third kappa shape index (κ3) is 2.96. The number of piperazine rings is 1. The largest absolute Gasteiger partial charge is 0.335 e. The minimum absolute atomic E-state index is 0.0787. The maximum Gasteiger partial charge on any atom is 0.273 e. The van der Waals surface area contributed by atoms with E-state index in [9.17, 15) is 4.79 Å². The van der Waals surface area contributed by atoms with Gasteiger partial charge in [0.2, 0.25) is 0 Å². The van der Waals surface area contributed by atoms with Crippen LogP contribution in [0.5, 0.6) is 0 Å². The molecule has 2 aliphatic rings. The van der Waals surface area contributed by atoms with Crippen LogP contribution >= 0.6 is 11.3 Å². The zero-order chi connectivity index (χ0) is 13.2. The van der Waals surface area contributed by atoms with Crippen molar-refractivity contribution in [3.8, 4) is 0 Å². The van der Waals surface area contributed by atoms with Gasteiger partial charge in [0, 0.05) is 44.0 Å². The Labute approximate surface area is 117 Å². The van der Waals surface area contributed by atoms with Gasteiger partial charge in [0.15, 0.2) is 0 Å². The number of nitrogens with two attached hydrogens (primary N) is 1. The molecule has 5 nitrogen and oxygen atoms in total. The Morgan fingerprint density at radius 1 is 1.37 bits per heavy atom. The van der Waals surface area contributed by atoms with Gasteiger partial charge >= 0.3 is 0 Å². The molecule has 1 saturated heterocycles. The van der Waals surface area contributed by atoms with Gasteiger partial charge in [0.1, 0.15) is 5.69 Å². The summed E-state index contributed by atoms with van der Waals surface area (Å²) < 4.78 is 0. The number of hydrogen-bond acceptors (Lipinski definition) is 5. The van der Waals surface area contributed by atoms with Crippen LogP contribution in [0.3, 0.4) is 0 Å². The van der Waals surface area contributed by atoms with E-state index in [0.717, 1.165) is 43.6 Å². The summed E-state index contributed by atoms with van der Waals surface area (Å²) >= 11 is 1.53. The second kappa shape index (κ2) is 5.56. The Kier molecular flexibility index (Phi) is 3.81. The fraction of sp³-hybridized carbons (Fsp3) is 0.692. The lowest BCUT2D eigenvalue weighted by molar-refractivity contribution is 0.0622. The van der Waals surface area contributed by atoms with Crippen molar-refractivity contribution in [2.75, 3.05) is 32.7 Å². The van der Waals surface area contributed by atoms with Crippen molar-refractivity contribution in [1.29, 1.82) is 0 Å². The number of aromatic nitrogens is 1. The molecule has 1 saturated carbocycles. The molecule has 19 heavy (non-hydrogen) atoms. The molecule has 1 aromatic heterocycles.